The molecule has 1 aromatic carbocycles. The van der Waals surface area contributed by atoms with Crippen molar-refractivity contribution in [2.24, 2.45) is 23.5 Å². The molecule has 4 unspecified atom stereocenters. The molecule has 0 aromatic heterocycles. The zero-order valence-corrected chi connectivity index (χ0v) is 12.5. The molecule has 106 valence electrons. The van der Waals surface area contributed by atoms with E-state index >= 15 is 0 Å². The smallest absolute Gasteiger partial charge is 0.124 e. The summed E-state index contributed by atoms with van der Waals surface area (Å²) in [7, 11) is 0. The molecule has 19 heavy (non-hydrogen) atoms. The highest BCUT2D eigenvalue weighted by atomic mass is 35.5. The number of hydrogen-bond acceptors (Lipinski definition) is 1. The van der Waals surface area contributed by atoms with E-state index in [2.05, 4.69) is 13.8 Å². The Morgan fingerprint density at radius 3 is 2.68 bits per heavy atom. The van der Waals surface area contributed by atoms with Gasteiger partial charge in [0.05, 0.1) is 0 Å². The van der Waals surface area contributed by atoms with Crippen LogP contribution in [0.15, 0.2) is 18.2 Å². The molecule has 0 bridgehead atoms. The maximum Gasteiger partial charge on any atom is 0.124 e. The molecule has 1 aliphatic rings. The molecule has 1 aliphatic carbocycles. The zero-order valence-electron chi connectivity index (χ0n) is 11.7. The average Bonchev–Trinajstić information content (AvgIpc) is 2.36. The van der Waals surface area contributed by atoms with Gasteiger partial charge in [0.15, 0.2) is 0 Å². The Balaban J connectivity index is 1.99. The van der Waals surface area contributed by atoms with E-state index in [1.807, 2.05) is 0 Å². The summed E-state index contributed by atoms with van der Waals surface area (Å²) in [5.74, 6) is 1.82. The summed E-state index contributed by atoms with van der Waals surface area (Å²) < 4.78 is 13.0. The van der Waals surface area contributed by atoms with E-state index in [1.54, 1.807) is 6.07 Å². The highest BCUT2D eigenvalue weighted by Gasteiger charge is 2.28. The Morgan fingerprint density at radius 1 is 1.32 bits per heavy atom. The van der Waals surface area contributed by atoms with E-state index in [0.717, 1.165) is 23.8 Å². The highest BCUT2D eigenvalue weighted by Crippen LogP contribution is 2.35. The summed E-state index contributed by atoms with van der Waals surface area (Å²) in [6.07, 6.45) is 4.40. The number of hydrogen-bond donors (Lipinski definition) is 1. The normalized spacial score (nSPS) is 29.2. The highest BCUT2D eigenvalue weighted by molar-refractivity contribution is 6.31. The van der Waals surface area contributed by atoms with Crippen LogP contribution in [-0.2, 0) is 6.42 Å². The summed E-state index contributed by atoms with van der Waals surface area (Å²) in [4.78, 5) is 0. The minimum atomic E-state index is -0.289. The molecule has 0 heterocycles. The SMILES string of the molecule is CC1CCC(C(N)Cc2ccc(F)cc2Cl)CC1C. The van der Waals surface area contributed by atoms with Crippen molar-refractivity contribution < 1.29 is 4.39 Å². The van der Waals surface area contributed by atoms with Crippen molar-refractivity contribution in [3.8, 4) is 0 Å². The summed E-state index contributed by atoms with van der Waals surface area (Å²) in [5, 5.41) is 0.493. The molecular weight excluding hydrogens is 261 g/mol. The van der Waals surface area contributed by atoms with Gasteiger partial charge in [-0.05, 0) is 54.7 Å². The van der Waals surface area contributed by atoms with Crippen molar-refractivity contribution in [3.63, 3.8) is 0 Å². The predicted molar refractivity (Wildman–Crippen MR) is 78.8 cm³/mol. The standard InChI is InChI=1S/C16H23ClFN/c1-10-3-4-13(7-11(10)2)16(19)8-12-5-6-14(18)9-15(12)17/h5-6,9-11,13,16H,3-4,7-8,19H2,1-2H3. The second kappa shape index (κ2) is 6.23. The van der Waals surface area contributed by atoms with Crippen molar-refractivity contribution in [1.82, 2.24) is 0 Å². The summed E-state index contributed by atoms with van der Waals surface area (Å²) in [6, 6.07) is 4.71. The third-order valence-corrected chi connectivity index (χ3v) is 5.07. The third kappa shape index (κ3) is 3.70. The Hall–Kier alpha value is -0.600. The first-order chi connectivity index (χ1) is 8.97. The molecule has 1 fully saturated rings. The number of rotatable bonds is 3. The Labute approximate surface area is 120 Å². The Kier molecular flexibility index (Phi) is 4.86. The average molecular weight is 284 g/mol. The van der Waals surface area contributed by atoms with Crippen LogP contribution in [-0.4, -0.2) is 6.04 Å². The van der Waals surface area contributed by atoms with Gasteiger partial charge in [0.1, 0.15) is 5.82 Å². The Morgan fingerprint density at radius 2 is 2.05 bits per heavy atom. The van der Waals surface area contributed by atoms with Crippen molar-refractivity contribution in [1.29, 1.82) is 0 Å². The molecule has 0 saturated heterocycles. The molecule has 3 heteroatoms. The molecule has 0 radical (unpaired) electrons. The van der Waals surface area contributed by atoms with Crippen LogP contribution in [0, 0.1) is 23.6 Å². The lowest BCUT2D eigenvalue weighted by Gasteiger charge is -2.35. The van der Waals surface area contributed by atoms with Gasteiger partial charge in [0.2, 0.25) is 0 Å². The van der Waals surface area contributed by atoms with Gasteiger partial charge in [0.25, 0.3) is 0 Å². The quantitative estimate of drug-likeness (QED) is 0.873. The molecule has 2 rings (SSSR count). The van der Waals surface area contributed by atoms with Gasteiger partial charge in [0, 0.05) is 11.1 Å². The van der Waals surface area contributed by atoms with E-state index in [9.17, 15) is 4.39 Å². The van der Waals surface area contributed by atoms with Crippen molar-refractivity contribution in [3.05, 3.63) is 34.6 Å². The molecule has 0 amide bonds. The van der Waals surface area contributed by atoms with Gasteiger partial charge in [-0.25, -0.2) is 4.39 Å². The maximum atomic E-state index is 13.0. The number of nitrogens with two attached hydrogens (primary N) is 1. The third-order valence-electron chi connectivity index (χ3n) is 4.71. The van der Waals surface area contributed by atoms with E-state index in [0.29, 0.717) is 10.9 Å². The second-order valence-electron chi connectivity index (χ2n) is 6.13. The number of halogens is 2. The summed E-state index contributed by atoms with van der Waals surface area (Å²) in [5.41, 5.74) is 7.30. The monoisotopic (exact) mass is 283 g/mol. The van der Waals surface area contributed by atoms with Crippen LogP contribution < -0.4 is 5.73 Å². The first-order valence-electron chi connectivity index (χ1n) is 7.17. The summed E-state index contributed by atoms with van der Waals surface area (Å²) in [6.45, 7) is 4.64. The zero-order chi connectivity index (χ0) is 14.0. The van der Waals surface area contributed by atoms with Gasteiger partial charge in [-0.15, -0.1) is 0 Å². The van der Waals surface area contributed by atoms with E-state index in [1.165, 1.54) is 31.4 Å². The number of benzene rings is 1. The lowest BCUT2D eigenvalue weighted by molar-refractivity contribution is 0.185. The van der Waals surface area contributed by atoms with Crippen molar-refractivity contribution in [2.75, 3.05) is 0 Å². The van der Waals surface area contributed by atoms with Crippen LogP contribution in [0.25, 0.3) is 0 Å². The van der Waals surface area contributed by atoms with Crippen molar-refractivity contribution >= 4 is 11.6 Å². The van der Waals surface area contributed by atoms with E-state index in [-0.39, 0.29) is 11.9 Å². The van der Waals surface area contributed by atoms with E-state index < -0.39 is 0 Å². The van der Waals surface area contributed by atoms with Crippen molar-refractivity contribution in [2.45, 2.75) is 45.6 Å². The van der Waals surface area contributed by atoms with Gasteiger partial charge >= 0.3 is 0 Å². The molecule has 0 spiro atoms. The largest absolute Gasteiger partial charge is 0.327 e. The van der Waals surface area contributed by atoms with E-state index in [4.69, 9.17) is 17.3 Å². The first kappa shape index (κ1) is 14.8. The van der Waals surface area contributed by atoms with Crippen LogP contribution in [0.2, 0.25) is 5.02 Å². The second-order valence-corrected chi connectivity index (χ2v) is 6.54. The predicted octanol–water partition coefficient (Wildman–Crippen LogP) is 4.42. The topological polar surface area (TPSA) is 26.0 Å². The molecule has 0 aliphatic heterocycles. The van der Waals surface area contributed by atoms with Crippen LogP contribution >= 0.6 is 11.6 Å². The molecule has 1 saturated carbocycles. The molecule has 1 aromatic rings. The maximum absolute atomic E-state index is 13.0. The van der Waals surface area contributed by atoms with Gasteiger partial charge in [-0.1, -0.05) is 37.9 Å². The van der Waals surface area contributed by atoms with Crippen LogP contribution in [0.4, 0.5) is 4.39 Å². The molecular formula is C16H23ClFN. The van der Waals surface area contributed by atoms with Crippen LogP contribution in [0.5, 0.6) is 0 Å². The van der Waals surface area contributed by atoms with Gasteiger partial charge in [-0.3, -0.25) is 0 Å². The molecule has 1 nitrogen and oxygen atoms in total. The lowest BCUT2D eigenvalue weighted by Crippen LogP contribution is -2.37. The minimum Gasteiger partial charge on any atom is -0.327 e. The summed E-state index contributed by atoms with van der Waals surface area (Å²) >= 11 is 6.07. The fraction of sp³-hybridized carbons (Fsp3) is 0.625. The Bertz CT molecular complexity index is 435. The van der Waals surface area contributed by atoms with Crippen LogP contribution in [0.1, 0.15) is 38.7 Å². The van der Waals surface area contributed by atoms with Gasteiger partial charge in [-0.2, -0.15) is 0 Å². The van der Waals surface area contributed by atoms with Crippen LogP contribution in [0.3, 0.4) is 0 Å². The fourth-order valence-corrected chi connectivity index (χ4v) is 3.33. The molecule has 4 atom stereocenters. The lowest BCUT2D eigenvalue weighted by atomic mass is 9.72. The first-order valence-corrected chi connectivity index (χ1v) is 7.54. The fourth-order valence-electron chi connectivity index (χ4n) is 3.09. The van der Waals surface area contributed by atoms with Gasteiger partial charge < -0.3 is 5.73 Å². The minimum absolute atomic E-state index is 0.123. The molecule has 2 N–H and O–H groups in total.